The average Bonchev–Trinajstić information content (AvgIpc) is 3.15. The maximum Gasteiger partial charge on any atom is 0.243 e. The molecule has 0 atom stereocenters. The van der Waals surface area contributed by atoms with E-state index in [1.165, 1.54) is 16.4 Å². The van der Waals surface area contributed by atoms with Gasteiger partial charge in [-0.3, -0.25) is 4.79 Å². The van der Waals surface area contributed by atoms with Crippen LogP contribution in [0.4, 0.5) is 5.69 Å². The van der Waals surface area contributed by atoms with Crippen LogP contribution >= 0.6 is 0 Å². The van der Waals surface area contributed by atoms with E-state index in [0.29, 0.717) is 49.2 Å². The number of aromatic nitrogens is 1. The lowest BCUT2D eigenvalue weighted by Gasteiger charge is -2.31. The molecule has 0 radical (unpaired) electrons. The van der Waals surface area contributed by atoms with Crippen molar-refractivity contribution in [2.75, 3.05) is 38.5 Å². The number of hydrogen-bond donors (Lipinski definition) is 1. The first kappa shape index (κ1) is 22.2. The zero-order valence-corrected chi connectivity index (χ0v) is 18.9. The van der Waals surface area contributed by atoms with E-state index in [4.69, 9.17) is 4.42 Å². The van der Waals surface area contributed by atoms with Crippen LogP contribution in [0, 0.1) is 6.92 Å². The van der Waals surface area contributed by atoms with Crippen molar-refractivity contribution in [1.82, 2.24) is 14.2 Å². The summed E-state index contributed by atoms with van der Waals surface area (Å²) in [6, 6.07) is 15.8. The lowest BCUT2D eigenvalue weighted by Crippen LogP contribution is -2.46. The number of benzene rings is 2. The molecule has 0 unspecified atom stereocenters. The Kier molecular flexibility index (Phi) is 6.40. The molecule has 1 N–H and O–H groups in total. The summed E-state index contributed by atoms with van der Waals surface area (Å²) in [4.78, 5) is 19.3. The highest BCUT2D eigenvalue weighted by molar-refractivity contribution is 7.89. The molecule has 0 saturated carbocycles. The number of carbonyl (C=O) groups excluding carboxylic acids is 1. The van der Waals surface area contributed by atoms with Gasteiger partial charge in [0.2, 0.25) is 21.8 Å². The number of likely N-dealkylation sites (N-methyl/N-ethyl adjacent to an activating group) is 1. The molecule has 3 aromatic rings. The molecule has 0 spiro atoms. The van der Waals surface area contributed by atoms with Crippen molar-refractivity contribution in [2.45, 2.75) is 18.2 Å². The number of aryl methyl sites for hydroxylation is 1. The predicted molar refractivity (Wildman–Crippen MR) is 122 cm³/mol. The molecule has 0 aliphatic carbocycles. The van der Waals surface area contributed by atoms with E-state index in [-0.39, 0.29) is 17.2 Å². The fourth-order valence-electron chi connectivity index (χ4n) is 3.54. The minimum Gasteiger partial charge on any atom is -0.441 e. The first-order valence-corrected chi connectivity index (χ1v) is 11.9. The molecule has 2 aromatic carbocycles. The van der Waals surface area contributed by atoms with Gasteiger partial charge in [-0.25, -0.2) is 13.4 Å². The van der Waals surface area contributed by atoms with Crippen molar-refractivity contribution < 1.29 is 17.6 Å². The fourth-order valence-corrected chi connectivity index (χ4v) is 4.96. The topological polar surface area (TPSA) is 95.8 Å². The molecule has 4 rings (SSSR count). The van der Waals surface area contributed by atoms with Crippen LogP contribution in [0.25, 0.3) is 11.5 Å². The maximum atomic E-state index is 12.8. The summed E-state index contributed by atoms with van der Waals surface area (Å²) < 4.78 is 32.9. The van der Waals surface area contributed by atoms with Crippen LogP contribution in [-0.2, 0) is 21.2 Å². The Morgan fingerprint density at radius 2 is 1.69 bits per heavy atom. The second-order valence-electron chi connectivity index (χ2n) is 7.84. The van der Waals surface area contributed by atoms with Crippen molar-refractivity contribution in [2.24, 2.45) is 0 Å². The standard InChI is InChI=1S/C23H26N4O4S/c1-17-21(25-23(31-17)18-6-4-3-5-7-18)16-22(28)24-19-8-10-20(11-9-19)32(29,30)27-14-12-26(2)13-15-27/h3-11H,12-16H2,1-2H3,(H,24,28). The van der Waals surface area contributed by atoms with Gasteiger partial charge in [0.15, 0.2) is 0 Å². The van der Waals surface area contributed by atoms with Gasteiger partial charge in [0.25, 0.3) is 0 Å². The summed E-state index contributed by atoms with van der Waals surface area (Å²) in [6.45, 7) is 4.14. The summed E-state index contributed by atoms with van der Waals surface area (Å²) in [5.74, 6) is 0.813. The van der Waals surface area contributed by atoms with E-state index < -0.39 is 10.0 Å². The molecule has 1 aromatic heterocycles. The number of nitrogens with zero attached hydrogens (tertiary/aromatic N) is 3. The molecular formula is C23H26N4O4S. The van der Waals surface area contributed by atoms with E-state index in [1.807, 2.05) is 37.4 Å². The molecule has 0 bridgehead atoms. The number of sulfonamides is 1. The molecule has 1 aliphatic rings. The van der Waals surface area contributed by atoms with E-state index in [2.05, 4.69) is 15.2 Å². The van der Waals surface area contributed by atoms with Crippen LogP contribution in [0.5, 0.6) is 0 Å². The largest absolute Gasteiger partial charge is 0.441 e. The number of carbonyl (C=O) groups is 1. The molecule has 168 valence electrons. The molecule has 32 heavy (non-hydrogen) atoms. The van der Waals surface area contributed by atoms with E-state index >= 15 is 0 Å². The monoisotopic (exact) mass is 454 g/mol. The van der Waals surface area contributed by atoms with Gasteiger partial charge >= 0.3 is 0 Å². The van der Waals surface area contributed by atoms with Crippen molar-refractivity contribution >= 4 is 21.6 Å². The average molecular weight is 455 g/mol. The van der Waals surface area contributed by atoms with Crippen LogP contribution in [0.1, 0.15) is 11.5 Å². The van der Waals surface area contributed by atoms with Crippen LogP contribution in [0.2, 0.25) is 0 Å². The predicted octanol–water partition coefficient (Wildman–Crippen LogP) is 2.77. The van der Waals surface area contributed by atoms with Crippen molar-refractivity contribution in [3.63, 3.8) is 0 Å². The van der Waals surface area contributed by atoms with Gasteiger partial charge in [0.1, 0.15) is 5.76 Å². The lowest BCUT2D eigenvalue weighted by molar-refractivity contribution is -0.115. The van der Waals surface area contributed by atoms with Crippen molar-refractivity contribution in [3.05, 3.63) is 66.1 Å². The van der Waals surface area contributed by atoms with Crippen LogP contribution in [0.3, 0.4) is 0 Å². The first-order chi connectivity index (χ1) is 15.3. The highest BCUT2D eigenvalue weighted by atomic mass is 32.2. The molecular weight excluding hydrogens is 428 g/mol. The molecule has 2 heterocycles. The number of oxazole rings is 1. The molecule has 8 nitrogen and oxygen atoms in total. The van der Waals surface area contributed by atoms with Gasteiger partial charge in [0, 0.05) is 37.4 Å². The number of anilines is 1. The van der Waals surface area contributed by atoms with Crippen LogP contribution < -0.4 is 5.32 Å². The van der Waals surface area contributed by atoms with Crippen LogP contribution in [-0.4, -0.2) is 61.7 Å². The third kappa shape index (κ3) is 4.90. The summed E-state index contributed by atoms with van der Waals surface area (Å²) in [5, 5.41) is 2.79. The Bertz CT molecular complexity index is 1180. The quantitative estimate of drug-likeness (QED) is 0.615. The second-order valence-corrected chi connectivity index (χ2v) is 9.78. The Morgan fingerprint density at radius 3 is 2.34 bits per heavy atom. The zero-order chi connectivity index (χ0) is 22.7. The first-order valence-electron chi connectivity index (χ1n) is 10.4. The lowest BCUT2D eigenvalue weighted by atomic mass is 10.2. The summed E-state index contributed by atoms with van der Waals surface area (Å²) >= 11 is 0. The number of nitrogens with one attached hydrogen (secondary N) is 1. The molecule has 1 fully saturated rings. The third-order valence-corrected chi connectivity index (χ3v) is 7.39. The molecule has 1 amide bonds. The Labute approximate surface area is 187 Å². The number of amides is 1. The van der Waals surface area contributed by atoms with Crippen LogP contribution in [0.15, 0.2) is 63.9 Å². The van der Waals surface area contributed by atoms with Gasteiger partial charge in [-0.05, 0) is 50.4 Å². The third-order valence-electron chi connectivity index (χ3n) is 5.48. The number of piperazine rings is 1. The minimum atomic E-state index is -3.54. The smallest absolute Gasteiger partial charge is 0.243 e. The summed E-state index contributed by atoms with van der Waals surface area (Å²) in [5.41, 5.74) is 1.94. The van der Waals surface area contributed by atoms with Crippen molar-refractivity contribution in [1.29, 1.82) is 0 Å². The number of rotatable bonds is 6. The van der Waals surface area contributed by atoms with Gasteiger partial charge in [-0.1, -0.05) is 18.2 Å². The Hall–Kier alpha value is -3.01. The maximum absolute atomic E-state index is 12.8. The van der Waals surface area contributed by atoms with E-state index in [1.54, 1.807) is 19.1 Å². The summed E-state index contributed by atoms with van der Waals surface area (Å²) in [6.07, 6.45) is 0.0590. The highest BCUT2D eigenvalue weighted by Gasteiger charge is 2.27. The zero-order valence-electron chi connectivity index (χ0n) is 18.1. The summed E-state index contributed by atoms with van der Waals surface area (Å²) in [7, 11) is -1.56. The van der Waals surface area contributed by atoms with Gasteiger partial charge in [-0.15, -0.1) is 0 Å². The van der Waals surface area contributed by atoms with Gasteiger partial charge < -0.3 is 14.6 Å². The van der Waals surface area contributed by atoms with Gasteiger partial charge in [0.05, 0.1) is 17.0 Å². The SMILES string of the molecule is Cc1oc(-c2ccccc2)nc1CC(=O)Nc1ccc(S(=O)(=O)N2CCN(C)CC2)cc1. The van der Waals surface area contributed by atoms with Crippen molar-refractivity contribution in [3.8, 4) is 11.5 Å². The normalized spacial score (nSPS) is 15.6. The highest BCUT2D eigenvalue weighted by Crippen LogP contribution is 2.23. The Morgan fingerprint density at radius 1 is 1.03 bits per heavy atom. The van der Waals surface area contributed by atoms with E-state index in [0.717, 1.165) is 5.56 Å². The fraction of sp³-hybridized carbons (Fsp3) is 0.304. The molecule has 9 heteroatoms. The molecule has 1 saturated heterocycles. The molecule has 1 aliphatic heterocycles. The second kappa shape index (κ2) is 9.23. The number of hydrogen-bond acceptors (Lipinski definition) is 6. The van der Waals surface area contributed by atoms with E-state index in [9.17, 15) is 13.2 Å². The Balaban J connectivity index is 1.40. The minimum absolute atomic E-state index is 0.0590. The van der Waals surface area contributed by atoms with Gasteiger partial charge in [-0.2, -0.15) is 4.31 Å².